The number of benzene rings is 1. The molecule has 1 N–H and O–H groups in total. The topological polar surface area (TPSA) is 114 Å². The van der Waals surface area contributed by atoms with Gasteiger partial charge in [0.2, 0.25) is 11.8 Å². The number of hydrogen-bond donors (Lipinski definition) is 1. The van der Waals surface area contributed by atoms with Crippen LogP contribution in [0.2, 0.25) is 19.1 Å². The number of carbonyl (C=O) groups is 1. The fraction of sp³-hybridized carbons (Fsp3) is 0.400. The molecule has 11 heteroatoms. The van der Waals surface area contributed by atoms with Crippen molar-refractivity contribution in [2.75, 3.05) is 33.8 Å². The van der Waals surface area contributed by atoms with Crippen LogP contribution in [0.5, 0.6) is 35.2 Å². The van der Waals surface area contributed by atoms with Gasteiger partial charge in [-0.2, -0.15) is 9.97 Å². The first kappa shape index (κ1) is 25.4. The molecule has 1 aliphatic heterocycles. The van der Waals surface area contributed by atoms with Gasteiger partial charge in [-0.15, -0.1) is 0 Å². The summed E-state index contributed by atoms with van der Waals surface area (Å²) in [6.07, 6.45) is 2.23. The number of fused-ring (bicyclic) bond motifs is 1. The smallest absolute Gasteiger partial charge is 0.322 e. The van der Waals surface area contributed by atoms with E-state index in [1.54, 1.807) is 13.2 Å². The number of aromatic nitrogens is 2. The summed E-state index contributed by atoms with van der Waals surface area (Å²) in [6.45, 7) is 6.70. The highest BCUT2D eigenvalue weighted by molar-refractivity contribution is 6.91. The molecule has 3 aromatic rings. The van der Waals surface area contributed by atoms with Crippen LogP contribution in [0.4, 0.5) is 5.69 Å². The second-order valence-corrected chi connectivity index (χ2v) is 13.9. The van der Waals surface area contributed by atoms with E-state index in [4.69, 9.17) is 28.1 Å². The zero-order valence-corrected chi connectivity index (χ0v) is 22.6. The Morgan fingerprint density at radius 2 is 1.69 bits per heavy atom. The van der Waals surface area contributed by atoms with Gasteiger partial charge in [0.05, 0.1) is 36.5 Å². The molecule has 192 valence electrons. The van der Waals surface area contributed by atoms with Crippen molar-refractivity contribution in [3.8, 4) is 35.2 Å². The van der Waals surface area contributed by atoms with E-state index in [1.807, 2.05) is 6.92 Å². The van der Waals surface area contributed by atoms with Crippen molar-refractivity contribution in [2.24, 2.45) is 0 Å². The molecule has 1 amide bonds. The quantitative estimate of drug-likeness (QED) is 0.440. The highest BCUT2D eigenvalue weighted by atomic mass is 28.3. The molecule has 0 spiro atoms. The van der Waals surface area contributed by atoms with Crippen molar-refractivity contribution in [3.63, 3.8) is 0 Å². The van der Waals surface area contributed by atoms with E-state index in [2.05, 4.69) is 34.4 Å². The number of aryl methyl sites for hydroxylation is 2. The van der Waals surface area contributed by atoms with Gasteiger partial charge in [0.25, 0.3) is 11.9 Å². The molecule has 0 saturated heterocycles. The van der Waals surface area contributed by atoms with Crippen LogP contribution in [0.3, 0.4) is 0 Å². The Kier molecular flexibility index (Phi) is 7.11. The fourth-order valence-electron chi connectivity index (χ4n) is 4.61. The average Bonchev–Trinajstić information content (AvgIpc) is 3.33. The number of amides is 1. The van der Waals surface area contributed by atoms with E-state index in [0.29, 0.717) is 5.75 Å². The summed E-state index contributed by atoms with van der Waals surface area (Å²) in [5.41, 5.74) is 2.43. The minimum atomic E-state index is -1.67. The molecule has 3 heterocycles. The first-order valence-electron chi connectivity index (χ1n) is 11.6. The number of hydrogen-bond acceptors (Lipinski definition) is 9. The van der Waals surface area contributed by atoms with Crippen LogP contribution in [0.1, 0.15) is 28.1 Å². The van der Waals surface area contributed by atoms with Gasteiger partial charge in [0.15, 0.2) is 22.9 Å². The van der Waals surface area contributed by atoms with Crippen molar-refractivity contribution in [2.45, 2.75) is 38.9 Å². The zero-order valence-electron chi connectivity index (χ0n) is 21.6. The fourth-order valence-corrected chi connectivity index (χ4v) is 7.82. The lowest BCUT2D eigenvalue weighted by molar-refractivity contribution is 0.0990. The summed E-state index contributed by atoms with van der Waals surface area (Å²) >= 11 is 0. The molecule has 2 aromatic heterocycles. The SMILES string of the molecule is COc1nc(OC)c(NC(=O)c2ccc(Oc3c(C)cc4c(c3OC)[Si](C)(C)CCC4)o2)c(OC)n1. The molecule has 0 atom stereocenters. The predicted octanol–water partition coefficient (Wildman–Crippen LogP) is 4.32. The summed E-state index contributed by atoms with van der Waals surface area (Å²) in [5, 5.41) is 3.97. The minimum absolute atomic E-state index is 0.0224. The molecule has 0 fully saturated rings. The molecule has 10 nitrogen and oxygen atoms in total. The number of methoxy groups -OCH3 is 4. The van der Waals surface area contributed by atoms with Crippen molar-refractivity contribution >= 4 is 24.9 Å². The van der Waals surface area contributed by atoms with Crippen molar-refractivity contribution in [1.82, 2.24) is 9.97 Å². The van der Waals surface area contributed by atoms with Crippen LogP contribution in [0, 0.1) is 6.92 Å². The van der Waals surface area contributed by atoms with E-state index in [0.717, 1.165) is 17.7 Å². The van der Waals surface area contributed by atoms with Crippen LogP contribution < -0.4 is 34.2 Å². The summed E-state index contributed by atoms with van der Waals surface area (Å²) < 4.78 is 33.3. The third kappa shape index (κ3) is 4.70. The van der Waals surface area contributed by atoms with E-state index in [1.165, 1.54) is 50.6 Å². The Morgan fingerprint density at radius 3 is 2.31 bits per heavy atom. The molecule has 0 saturated carbocycles. The number of furan rings is 1. The second kappa shape index (κ2) is 10.1. The normalized spacial score (nSPS) is 14.0. The minimum Gasteiger partial charge on any atom is -0.493 e. The van der Waals surface area contributed by atoms with Gasteiger partial charge in [-0.1, -0.05) is 31.6 Å². The maximum Gasteiger partial charge on any atom is 0.322 e. The van der Waals surface area contributed by atoms with Gasteiger partial charge in [-0.25, -0.2) is 0 Å². The lowest BCUT2D eigenvalue weighted by Crippen LogP contribution is -2.47. The molecule has 1 aliphatic rings. The summed E-state index contributed by atoms with van der Waals surface area (Å²) in [5.74, 6) is 1.15. The standard InChI is InChI=1S/C25H31N3O7Si/c1-14-13-15-9-8-12-36(6,7)21(15)20(30-2)19(14)35-17-11-10-16(34-17)22(29)26-18-23(31-3)27-25(33-5)28-24(18)32-4/h10-11,13H,8-9,12H2,1-7H3,(H,26,29). The van der Waals surface area contributed by atoms with Crippen LogP contribution >= 0.6 is 0 Å². The molecule has 0 radical (unpaired) electrons. The van der Waals surface area contributed by atoms with Crippen LogP contribution in [0.25, 0.3) is 0 Å². The Bertz CT molecular complexity index is 1260. The highest BCUT2D eigenvalue weighted by Gasteiger charge is 2.35. The molecule has 36 heavy (non-hydrogen) atoms. The second-order valence-electron chi connectivity index (χ2n) is 9.11. The number of nitrogens with zero attached hydrogens (tertiary/aromatic N) is 2. The molecule has 0 unspecified atom stereocenters. The van der Waals surface area contributed by atoms with E-state index in [-0.39, 0.29) is 35.2 Å². The van der Waals surface area contributed by atoms with Crippen LogP contribution in [0.15, 0.2) is 22.6 Å². The van der Waals surface area contributed by atoms with Crippen molar-refractivity contribution < 1.29 is 32.9 Å². The first-order valence-corrected chi connectivity index (χ1v) is 14.8. The molecule has 0 bridgehead atoms. The Morgan fingerprint density at radius 1 is 1.00 bits per heavy atom. The number of nitrogens with one attached hydrogen (secondary N) is 1. The summed E-state index contributed by atoms with van der Waals surface area (Å²) in [4.78, 5) is 21.1. The van der Waals surface area contributed by atoms with E-state index in [9.17, 15) is 4.79 Å². The third-order valence-corrected chi connectivity index (χ3v) is 9.78. The van der Waals surface area contributed by atoms with Crippen LogP contribution in [-0.4, -0.2) is 52.4 Å². The number of carbonyl (C=O) groups excluding carboxylic acids is 1. The third-order valence-electron chi connectivity index (χ3n) is 6.27. The first-order chi connectivity index (χ1) is 17.2. The molecule has 0 aliphatic carbocycles. The monoisotopic (exact) mass is 513 g/mol. The molecular formula is C25H31N3O7Si. The van der Waals surface area contributed by atoms with Gasteiger partial charge in [0, 0.05) is 6.07 Å². The zero-order chi connectivity index (χ0) is 26.0. The Balaban J connectivity index is 1.62. The highest BCUT2D eigenvalue weighted by Crippen LogP contribution is 2.40. The van der Waals surface area contributed by atoms with Crippen molar-refractivity contribution in [3.05, 3.63) is 35.1 Å². The lowest BCUT2D eigenvalue weighted by atomic mass is 10.0. The van der Waals surface area contributed by atoms with Gasteiger partial charge >= 0.3 is 6.01 Å². The van der Waals surface area contributed by atoms with Gasteiger partial charge < -0.3 is 33.4 Å². The maximum atomic E-state index is 13.0. The summed E-state index contributed by atoms with van der Waals surface area (Å²) in [7, 11) is 4.23. The number of anilines is 1. The van der Waals surface area contributed by atoms with Gasteiger partial charge in [0.1, 0.15) is 0 Å². The Hall–Kier alpha value is -3.73. The maximum absolute atomic E-state index is 13.0. The molecule has 1 aromatic carbocycles. The van der Waals surface area contributed by atoms with Gasteiger partial charge in [-0.3, -0.25) is 4.79 Å². The van der Waals surface area contributed by atoms with E-state index < -0.39 is 14.0 Å². The molecule has 4 rings (SSSR count). The lowest BCUT2D eigenvalue weighted by Gasteiger charge is -2.33. The van der Waals surface area contributed by atoms with E-state index >= 15 is 0 Å². The molecular weight excluding hydrogens is 482 g/mol. The number of rotatable bonds is 8. The number of ether oxygens (including phenoxy) is 5. The average molecular weight is 514 g/mol. The van der Waals surface area contributed by atoms with Gasteiger partial charge in [-0.05, 0) is 35.7 Å². The summed E-state index contributed by atoms with van der Waals surface area (Å²) in [6, 6.07) is 6.53. The van der Waals surface area contributed by atoms with Crippen molar-refractivity contribution in [1.29, 1.82) is 0 Å². The largest absolute Gasteiger partial charge is 0.493 e. The predicted molar refractivity (Wildman–Crippen MR) is 136 cm³/mol. The Labute approximate surface area is 210 Å². The van der Waals surface area contributed by atoms with Crippen LogP contribution in [-0.2, 0) is 6.42 Å².